The summed E-state index contributed by atoms with van der Waals surface area (Å²) in [5.74, 6) is 0.121. The molecule has 1 heterocycles. The summed E-state index contributed by atoms with van der Waals surface area (Å²) in [6.45, 7) is 4.28. The van der Waals surface area contributed by atoms with E-state index < -0.39 is 6.10 Å². The molecule has 0 spiro atoms. The van der Waals surface area contributed by atoms with E-state index in [1.807, 2.05) is 32.0 Å². The van der Waals surface area contributed by atoms with Crippen LogP contribution < -0.4 is 5.32 Å². The maximum Gasteiger partial charge on any atom is 0.254 e. The number of aliphatic hydroxyl groups is 1. The van der Waals surface area contributed by atoms with Crippen molar-refractivity contribution in [1.82, 2.24) is 15.1 Å². The fraction of sp³-hybridized carbons (Fsp3) is 0.375. The summed E-state index contributed by atoms with van der Waals surface area (Å²) >= 11 is 6.10. The molecule has 0 aliphatic rings. The van der Waals surface area contributed by atoms with E-state index >= 15 is 0 Å². The van der Waals surface area contributed by atoms with Crippen molar-refractivity contribution in [2.24, 2.45) is 5.92 Å². The Bertz CT molecular complexity index is 640. The van der Waals surface area contributed by atoms with Crippen LogP contribution in [0.15, 0.2) is 36.7 Å². The van der Waals surface area contributed by atoms with Gasteiger partial charge in [-0.15, -0.1) is 0 Å². The SMILES string of the molecule is CC(C)CC(O)CNC(=O)c1cnn(-c2ccccc2Cl)c1. The minimum absolute atomic E-state index is 0.230. The molecule has 0 saturated carbocycles. The number of amides is 1. The molecule has 0 aliphatic heterocycles. The van der Waals surface area contributed by atoms with Crippen molar-refractivity contribution < 1.29 is 9.90 Å². The molecule has 6 heteroatoms. The molecule has 1 aromatic heterocycles. The van der Waals surface area contributed by atoms with Gasteiger partial charge in [-0.2, -0.15) is 5.10 Å². The van der Waals surface area contributed by atoms with Crippen molar-refractivity contribution in [3.63, 3.8) is 0 Å². The summed E-state index contributed by atoms with van der Waals surface area (Å²) in [4.78, 5) is 12.1. The molecule has 2 N–H and O–H groups in total. The zero-order chi connectivity index (χ0) is 16.1. The maximum atomic E-state index is 12.1. The average Bonchev–Trinajstić information content (AvgIpc) is 2.94. The molecule has 2 aromatic rings. The number of aliphatic hydroxyl groups excluding tert-OH is 1. The van der Waals surface area contributed by atoms with Gasteiger partial charge in [-0.25, -0.2) is 4.68 Å². The summed E-state index contributed by atoms with van der Waals surface area (Å²) in [7, 11) is 0. The van der Waals surface area contributed by atoms with Crippen LogP contribution in [0.4, 0.5) is 0 Å². The predicted octanol–water partition coefficient (Wildman–Crippen LogP) is 2.66. The van der Waals surface area contributed by atoms with E-state index in [4.69, 9.17) is 11.6 Å². The van der Waals surface area contributed by atoms with Gasteiger partial charge >= 0.3 is 0 Å². The number of carbonyl (C=O) groups is 1. The van der Waals surface area contributed by atoms with Crippen LogP contribution in [-0.2, 0) is 0 Å². The number of rotatable bonds is 6. The number of para-hydroxylation sites is 1. The topological polar surface area (TPSA) is 67.2 Å². The smallest absolute Gasteiger partial charge is 0.254 e. The second kappa shape index (κ2) is 7.42. The Morgan fingerprint density at radius 3 is 2.82 bits per heavy atom. The Morgan fingerprint density at radius 2 is 2.14 bits per heavy atom. The lowest BCUT2D eigenvalue weighted by Gasteiger charge is -2.13. The van der Waals surface area contributed by atoms with Crippen molar-refractivity contribution in [3.05, 3.63) is 47.2 Å². The standard InChI is InChI=1S/C16H20ClN3O2/c1-11(2)7-13(21)9-18-16(22)12-8-19-20(10-12)15-6-4-3-5-14(15)17/h3-6,8,10-11,13,21H,7,9H2,1-2H3,(H,18,22). The first kappa shape index (κ1) is 16.5. The van der Waals surface area contributed by atoms with Gasteiger partial charge in [0.25, 0.3) is 5.91 Å². The van der Waals surface area contributed by atoms with Crippen LogP contribution in [0, 0.1) is 5.92 Å². The Balaban J connectivity index is 1.99. The third-order valence-electron chi connectivity index (χ3n) is 3.19. The number of benzene rings is 1. The molecule has 0 saturated heterocycles. The fourth-order valence-corrected chi connectivity index (χ4v) is 2.37. The molecule has 0 bridgehead atoms. The number of aromatic nitrogens is 2. The third kappa shape index (κ3) is 4.32. The molecule has 22 heavy (non-hydrogen) atoms. The zero-order valence-corrected chi connectivity index (χ0v) is 13.4. The Morgan fingerprint density at radius 1 is 1.41 bits per heavy atom. The molecule has 1 atom stereocenters. The van der Waals surface area contributed by atoms with Crippen molar-refractivity contribution in [1.29, 1.82) is 0 Å². The second-order valence-electron chi connectivity index (χ2n) is 5.62. The van der Waals surface area contributed by atoms with Crippen LogP contribution in [0.1, 0.15) is 30.6 Å². The van der Waals surface area contributed by atoms with Crippen molar-refractivity contribution >= 4 is 17.5 Å². The van der Waals surface area contributed by atoms with E-state index in [0.717, 1.165) is 0 Å². The molecule has 2 rings (SSSR count). The van der Waals surface area contributed by atoms with Gasteiger partial charge in [-0.1, -0.05) is 37.6 Å². The van der Waals surface area contributed by atoms with Gasteiger partial charge in [0.15, 0.2) is 0 Å². The van der Waals surface area contributed by atoms with E-state index in [1.54, 1.807) is 16.9 Å². The molecule has 0 radical (unpaired) electrons. The van der Waals surface area contributed by atoms with Crippen LogP contribution in [-0.4, -0.2) is 33.4 Å². The van der Waals surface area contributed by atoms with E-state index in [-0.39, 0.29) is 12.5 Å². The van der Waals surface area contributed by atoms with Crippen LogP contribution in [0.3, 0.4) is 0 Å². The van der Waals surface area contributed by atoms with Crippen LogP contribution in [0.5, 0.6) is 0 Å². The molecular weight excluding hydrogens is 302 g/mol. The maximum absolute atomic E-state index is 12.1. The van der Waals surface area contributed by atoms with E-state index in [1.165, 1.54) is 6.20 Å². The van der Waals surface area contributed by atoms with Crippen LogP contribution in [0.25, 0.3) is 5.69 Å². The highest BCUT2D eigenvalue weighted by molar-refractivity contribution is 6.32. The monoisotopic (exact) mass is 321 g/mol. The summed E-state index contributed by atoms with van der Waals surface area (Å²) in [6.07, 6.45) is 3.21. The zero-order valence-electron chi connectivity index (χ0n) is 12.7. The van der Waals surface area contributed by atoms with Gasteiger partial charge in [0.2, 0.25) is 0 Å². The highest BCUT2D eigenvalue weighted by Gasteiger charge is 2.13. The molecule has 5 nitrogen and oxygen atoms in total. The summed E-state index contributed by atoms with van der Waals surface area (Å²) < 4.78 is 1.56. The second-order valence-corrected chi connectivity index (χ2v) is 6.03. The van der Waals surface area contributed by atoms with E-state index in [0.29, 0.717) is 28.6 Å². The number of nitrogens with zero attached hydrogens (tertiary/aromatic N) is 2. The van der Waals surface area contributed by atoms with Gasteiger partial charge in [0, 0.05) is 12.7 Å². The molecule has 1 amide bonds. The van der Waals surface area contributed by atoms with E-state index in [9.17, 15) is 9.90 Å². The number of hydrogen-bond acceptors (Lipinski definition) is 3. The molecule has 1 aromatic carbocycles. The number of carbonyl (C=O) groups excluding carboxylic acids is 1. The normalized spacial score (nSPS) is 12.4. The number of nitrogens with one attached hydrogen (secondary N) is 1. The number of hydrogen-bond donors (Lipinski definition) is 2. The third-order valence-corrected chi connectivity index (χ3v) is 3.51. The van der Waals surface area contributed by atoms with Crippen LogP contribution in [0.2, 0.25) is 5.02 Å². The number of halogens is 1. The molecule has 118 valence electrons. The first-order chi connectivity index (χ1) is 10.5. The quantitative estimate of drug-likeness (QED) is 0.859. The molecule has 1 unspecified atom stereocenters. The van der Waals surface area contributed by atoms with E-state index in [2.05, 4.69) is 10.4 Å². The lowest BCUT2D eigenvalue weighted by Crippen LogP contribution is -2.32. The van der Waals surface area contributed by atoms with Gasteiger partial charge in [-0.05, 0) is 24.5 Å². The predicted molar refractivity (Wildman–Crippen MR) is 86.4 cm³/mol. The van der Waals surface area contributed by atoms with Gasteiger partial charge in [-0.3, -0.25) is 4.79 Å². The largest absolute Gasteiger partial charge is 0.391 e. The minimum Gasteiger partial charge on any atom is -0.391 e. The summed E-state index contributed by atoms with van der Waals surface area (Å²) in [5.41, 5.74) is 1.14. The Hall–Kier alpha value is -1.85. The Labute approximate surface area is 134 Å². The minimum atomic E-state index is -0.539. The Kier molecular flexibility index (Phi) is 5.57. The lowest BCUT2D eigenvalue weighted by molar-refractivity contribution is 0.0900. The fourth-order valence-electron chi connectivity index (χ4n) is 2.15. The average molecular weight is 322 g/mol. The first-order valence-corrected chi connectivity index (χ1v) is 7.61. The highest BCUT2D eigenvalue weighted by atomic mass is 35.5. The van der Waals surface area contributed by atoms with Crippen molar-refractivity contribution in [2.75, 3.05) is 6.54 Å². The summed E-state index contributed by atoms with van der Waals surface area (Å²) in [5, 5.41) is 17.2. The molecule has 0 aliphatic carbocycles. The highest BCUT2D eigenvalue weighted by Crippen LogP contribution is 2.19. The van der Waals surface area contributed by atoms with Crippen LogP contribution >= 0.6 is 11.6 Å². The lowest BCUT2D eigenvalue weighted by atomic mass is 10.1. The van der Waals surface area contributed by atoms with Gasteiger partial charge < -0.3 is 10.4 Å². The van der Waals surface area contributed by atoms with Crippen molar-refractivity contribution in [2.45, 2.75) is 26.4 Å². The van der Waals surface area contributed by atoms with Gasteiger partial charge in [0.1, 0.15) is 0 Å². The van der Waals surface area contributed by atoms with Crippen molar-refractivity contribution in [3.8, 4) is 5.69 Å². The molecule has 0 fully saturated rings. The summed E-state index contributed by atoms with van der Waals surface area (Å²) in [6, 6.07) is 7.27. The first-order valence-electron chi connectivity index (χ1n) is 7.23. The van der Waals surface area contributed by atoms with Gasteiger partial charge in [0.05, 0.1) is 28.6 Å². The molecular formula is C16H20ClN3O2.